The average molecular weight is 646 g/mol. The maximum absolute atomic E-state index is 15.6. The van der Waals surface area contributed by atoms with E-state index in [1.54, 1.807) is 19.9 Å². The Hall–Kier alpha value is -4.15. The lowest BCUT2D eigenvalue weighted by Gasteiger charge is -2.23. The van der Waals surface area contributed by atoms with Gasteiger partial charge in [-0.2, -0.15) is 10.5 Å². The number of benzene rings is 3. The van der Waals surface area contributed by atoms with Gasteiger partial charge in [0.25, 0.3) is 0 Å². The summed E-state index contributed by atoms with van der Waals surface area (Å²) in [4.78, 5) is 37.4. The number of carboxylic acid groups (broad SMARTS) is 1. The van der Waals surface area contributed by atoms with E-state index in [2.05, 4.69) is 0 Å². The van der Waals surface area contributed by atoms with Gasteiger partial charge in [0, 0.05) is 26.7 Å². The second-order valence-corrected chi connectivity index (χ2v) is 10.5. The molecule has 0 aliphatic carbocycles. The van der Waals surface area contributed by atoms with Gasteiger partial charge in [-0.3, -0.25) is 9.59 Å². The van der Waals surface area contributed by atoms with Gasteiger partial charge in [0.2, 0.25) is 0 Å². The minimum atomic E-state index is -1.42. The zero-order valence-corrected chi connectivity index (χ0v) is 25.6. The second-order valence-electron chi connectivity index (χ2n) is 9.28. The summed E-state index contributed by atoms with van der Waals surface area (Å²) in [5.74, 6) is -5.64. The summed E-state index contributed by atoms with van der Waals surface area (Å²) >= 11 is 19.5. The Labute approximate surface area is 262 Å². The van der Waals surface area contributed by atoms with Crippen molar-refractivity contribution >= 4 is 52.7 Å². The van der Waals surface area contributed by atoms with Crippen molar-refractivity contribution in [3.8, 4) is 34.4 Å². The molecule has 1 N–H and O–H groups in total. The molecule has 3 aromatic carbocycles. The van der Waals surface area contributed by atoms with Gasteiger partial charge in [-0.25, -0.2) is 9.18 Å². The fraction of sp³-hybridized carbons (Fsp3) is 0.258. The van der Waals surface area contributed by atoms with E-state index in [1.807, 2.05) is 6.07 Å². The lowest BCUT2D eigenvalue weighted by Crippen LogP contribution is -2.17. The fourth-order valence-corrected chi connectivity index (χ4v) is 5.51. The van der Waals surface area contributed by atoms with Gasteiger partial charge in [0.1, 0.15) is 18.0 Å². The van der Waals surface area contributed by atoms with E-state index in [0.717, 1.165) is 18.2 Å². The van der Waals surface area contributed by atoms with Crippen LogP contribution in [0.3, 0.4) is 0 Å². The maximum atomic E-state index is 15.6. The molecule has 0 fully saturated rings. The number of esters is 2. The van der Waals surface area contributed by atoms with E-state index < -0.39 is 41.1 Å². The normalized spacial score (nSPS) is 12.0. The minimum Gasteiger partial charge on any atom is -0.478 e. The topological polar surface area (TPSA) is 137 Å². The van der Waals surface area contributed by atoms with Gasteiger partial charge >= 0.3 is 17.9 Å². The smallest absolute Gasteiger partial charge is 0.337 e. The molecule has 43 heavy (non-hydrogen) atoms. The largest absolute Gasteiger partial charge is 0.478 e. The number of hydrogen-bond acceptors (Lipinski definition) is 7. The van der Waals surface area contributed by atoms with E-state index in [4.69, 9.17) is 44.3 Å². The van der Waals surface area contributed by atoms with Crippen molar-refractivity contribution in [2.75, 3.05) is 13.2 Å². The number of carbonyl (C=O) groups is 3. The number of hydrogen-bond donors (Lipinski definition) is 1. The maximum Gasteiger partial charge on any atom is 0.337 e. The van der Waals surface area contributed by atoms with E-state index in [-0.39, 0.29) is 72.8 Å². The summed E-state index contributed by atoms with van der Waals surface area (Å²) in [6.45, 7) is 6.34. The molecule has 0 spiro atoms. The van der Waals surface area contributed by atoms with Crippen LogP contribution in [-0.4, -0.2) is 36.2 Å². The number of carbonyl (C=O) groups excluding carboxylic acids is 2. The van der Waals surface area contributed by atoms with E-state index in [1.165, 1.54) is 26.0 Å². The number of halogens is 4. The number of ether oxygens (including phenoxy) is 2. The average Bonchev–Trinajstić information content (AvgIpc) is 2.96. The monoisotopic (exact) mass is 644 g/mol. The summed E-state index contributed by atoms with van der Waals surface area (Å²) in [5, 5.41) is 29.2. The molecular formula is C31H24Cl3FN2O6. The lowest BCUT2D eigenvalue weighted by molar-refractivity contribution is -0.145. The van der Waals surface area contributed by atoms with Crippen LogP contribution in [-0.2, 0) is 19.1 Å². The first-order valence-electron chi connectivity index (χ1n) is 12.9. The highest BCUT2D eigenvalue weighted by Crippen LogP contribution is 2.46. The Morgan fingerprint density at radius 2 is 1.44 bits per heavy atom. The van der Waals surface area contributed by atoms with Gasteiger partial charge in [0.15, 0.2) is 0 Å². The number of rotatable bonds is 9. The highest BCUT2D eigenvalue weighted by Gasteiger charge is 2.31. The molecule has 0 aliphatic heterocycles. The van der Waals surface area contributed by atoms with Crippen molar-refractivity contribution in [3.05, 3.63) is 79.0 Å². The molecule has 0 aliphatic rings. The molecule has 0 radical (unpaired) electrons. The van der Waals surface area contributed by atoms with E-state index in [0.29, 0.717) is 0 Å². The van der Waals surface area contributed by atoms with Gasteiger partial charge < -0.3 is 14.6 Å². The molecular weight excluding hydrogens is 622 g/mol. The first-order valence-corrected chi connectivity index (χ1v) is 14.0. The van der Waals surface area contributed by atoms with Crippen molar-refractivity contribution in [1.29, 1.82) is 10.5 Å². The molecule has 0 heterocycles. The van der Waals surface area contributed by atoms with Crippen LogP contribution < -0.4 is 0 Å². The van der Waals surface area contributed by atoms with Crippen LogP contribution in [0.1, 0.15) is 72.1 Å². The van der Waals surface area contributed by atoms with Crippen LogP contribution in [0.25, 0.3) is 22.3 Å². The van der Waals surface area contributed by atoms with Gasteiger partial charge in [-0.15, -0.1) is 0 Å². The van der Waals surface area contributed by atoms with E-state index >= 15 is 4.39 Å². The van der Waals surface area contributed by atoms with Crippen molar-refractivity contribution in [2.45, 2.75) is 39.5 Å². The van der Waals surface area contributed by atoms with Crippen LogP contribution in [0.4, 0.5) is 4.39 Å². The summed E-state index contributed by atoms with van der Waals surface area (Å²) in [6, 6.07) is 9.64. The molecule has 0 saturated heterocycles. The Bertz CT molecular complexity index is 1730. The molecule has 2 unspecified atom stereocenters. The van der Waals surface area contributed by atoms with Crippen molar-refractivity contribution < 1.29 is 33.4 Å². The zero-order valence-electron chi connectivity index (χ0n) is 23.4. The van der Waals surface area contributed by atoms with E-state index in [9.17, 15) is 30.0 Å². The standard InChI is InChI=1S/C31H24Cl3FN2O6/c1-5-42-30(40)14(3)17-8-19(26(35)11-24(17)33)20-10-25(34)28(22(13-37)27(20)15(4)31(41)43-6-2)21-9-18(29(38)39)16(12-36)7-23(21)32/h7-11,14-15H,5-6H2,1-4H3,(H,38,39). The predicted octanol–water partition coefficient (Wildman–Crippen LogP) is 7.89. The molecule has 2 atom stereocenters. The number of nitriles is 2. The minimum absolute atomic E-state index is 0.00308. The Balaban J connectivity index is 2.49. The summed E-state index contributed by atoms with van der Waals surface area (Å²) in [5.41, 5.74) is -0.724. The highest BCUT2D eigenvalue weighted by atomic mass is 35.5. The van der Waals surface area contributed by atoms with Crippen LogP contribution in [0.2, 0.25) is 15.1 Å². The van der Waals surface area contributed by atoms with Crippen LogP contribution in [0.5, 0.6) is 0 Å². The van der Waals surface area contributed by atoms with Crippen LogP contribution in [0.15, 0.2) is 30.3 Å². The highest BCUT2D eigenvalue weighted by molar-refractivity contribution is 6.37. The Morgan fingerprint density at radius 1 is 0.837 bits per heavy atom. The molecule has 0 saturated carbocycles. The molecule has 3 rings (SSSR count). The van der Waals surface area contributed by atoms with Gasteiger partial charge in [-0.05, 0) is 74.7 Å². The molecule has 222 valence electrons. The van der Waals surface area contributed by atoms with Crippen LogP contribution in [0, 0.1) is 28.5 Å². The van der Waals surface area contributed by atoms with Gasteiger partial charge in [-0.1, -0.05) is 34.8 Å². The summed E-state index contributed by atoms with van der Waals surface area (Å²) in [6.07, 6.45) is 0. The lowest BCUT2D eigenvalue weighted by atomic mass is 9.82. The first kappa shape index (κ1) is 33.4. The van der Waals surface area contributed by atoms with Crippen molar-refractivity contribution in [2.24, 2.45) is 0 Å². The number of nitrogens with zero attached hydrogens (tertiary/aromatic N) is 2. The number of aromatic carboxylic acids is 1. The SMILES string of the molecule is CCOC(=O)C(C)c1cc(-c2cc(Cl)c(-c3cc(C(=O)O)c(C#N)cc3Cl)c(C#N)c2C(C)C(=O)OCC)c(F)cc1Cl. The third-order valence-electron chi connectivity index (χ3n) is 6.71. The Morgan fingerprint density at radius 3 is 1.98 bits per heavy atom. The summed E-state index contributed by atoms with van der Waals surface area (Å²) in [7, 11) is 0. The molecule has 8 nitrogen and oxygen atoms in total. The molecule has 12 heteroatoms. The quantitative estimate of drug-likeness (QED) is 0.232. The molecule has 0 amide bonds. The molecule has 3 aromatic rings. The second kappa shape index (κ2) is 13.9. The number of carboxylic acids is 1. The third-order valence-corrected chi connectivity index (χ3v) is 7.65. The summed E-state index contributed by atoms with van der Waals surface area (Å²) < 4.78 is 25.9. The molecule has 0 aromatic heterocycles. The molecule has 0 bridgehead atoms. The van der Waals surface area contributed by atoms with Crippen molar-refractivity contribution in [3.63, 3.8) is 0 Å². The third kappa shape index (κ3) is 6.60. The predicted molar refractivity (Wildman–Crippen MR) is 159 cm³/mol. The van der Waals surface area contributed by atoms with Gasteiger partial charge in [0.05, 0.1) is 46.8 Å². The van der Waals surface area contributed by atoms with Crippen LogP contribution >= 0.6 is 34.8 Å². The Kier molecular flexibility index (Phi) is 10.8. The first-order chi connectivity index (χ1) is 20.3. The van der Waals surface area contributed by atoms with Crippen molar-refractivity contribution in [1.82, 2.24) is 0 Å². The fourth-order valence-electron chi connectivity index (χ4n) is 4.64. The zero-order chi connectivity index (χ0) is 32.2.